The third-order valence-electron chi connectivity index (χ3n) is 5.30. The van der Waals surface area contributed by atoms with Crippen molar-refractivity contribution in [1.29, 1.82) is 0 Å². The van der Waals surface area contributed by atoms with Crippen LogP contribution in [-0.4, -0.2) is 37.0 Å². The number of anilines is 1. The van der Waals surface area contributed by atoms with Crippen LogP contribution in [0, 0.1) is 5.82 Å². The Morgan fingerprint density at radius 3 is 2.72 bits per heavy atom. The summed E-state index contributed by atoms with van der Waals surface area (Å²) < 4.78 is 24.0. The number of amides is 2. The molecular weight excluding hydrogens is 411 g/mol. The Balaban J connectivity index is 1.47. The van der Waals surface area contributed by atoms with Crippen LogP contribution in [0.3, 0.4) is 0 Å². The second-order valence-electron chi connectivity index (χ2n) is 7.49. The van der Waals surface area contributed by atoms with Gasteiger partial charge in [-0.25, -0.2) is 4.39 Å². The minimum absolute atomic E-state index is 0.0497. The maximum Gasteiger partial charge on any atom is 0.260 e. The summed E-state index contributed by atoms with van der Waals surface area (Å²) in [6.07, 6.45) is 0.605. The lowest BCUT2D eigenvalue weighted by Crippen LogP contribution is -2.34. The fraction of sp³-hybridized carbons (Fsp3) is 0.200. The third-order valence-corrected chi connectivity index (χ3v) is 5.30. The molecule has 0 saturated heterocycles. The van der Waals surface area contributed by atoms with Gasteiger partial charge in [0.05, 0.1) is 7.11 Å². The molecule has 164 valence electrons. The zero-order valence-electron chi connectivity index (χ0n) is 17.6. The standard InChI is InChI=1S/C25H23FN2O4/c1-31-22-4-2-3-18(14-22)25(30)27-21-9-10-23-19(13-21)15-28(24(29)16-32-23)12-11-17-5-7-20(26)8-6-17/h2-10,13-14H,11-12,15-16H2,1H3,(H,27,30). The average Bonchev–Trinajstić information content (AvgIpc) is 2.97. The van der Waals surface area contributed by atoms with Gasteiger partial charge in [-0.3, -0.25) is 9.59 Å². The first kappa shape index (κ1) is 21.4. The van der Waals surface area contributed by atoms with Gasteiger partial charge in [0.15, 0.2) is 6.61 Å². The number of ether oxygens (including phenoxy) is 2. The third kappa shape index (κ3) is 5.06. The minimum atomic E-state index is -0.287. The van der Waals surface area contributed by atoms with Gasteiger partial charge in [0, 0.05) is 29.9 Å². The summed E-state index contributed by atoms with van der Waals surface area (Å²) in [5.41, 5.74) is 2.84. The van der Waals surface area contributed by atoms with E-state index >= 15 is 0 Å². The van der Waals surface area contributed by atoms with E-state index in [1.165, 1.54) is 12.1 Å². The Bertz CT molecular complexity index is 1130. The predicted molar refractivity (Wildman–Crippen MR) is 118 cm³/mol. The molecule has 6 nitrogen and oxygen atoms in total. The maximum absolute atomic E-state index is 13.1. The number of halogens is 1. The van der Waals surface area contributed by atoms with Gasteiger partial charge in [-0.15, -0.1) is 0 Å². The number of carbonyl (C=O) groups is 2. The Labute approximate surface area is 185 Å². The van der Waals surface area contributed by atoms with Crippen molar-refractivity contribution in [3.63, 3.8) is 0 Å². The fourth-order valence-corrected chi connectivity index (χ4v) is 3.53. The molecule has 0 spiro atoms. The van der Waals surface area contributed by atoms with E-state index in [0.717, 1.165) is 11.1 Å². The molecule has 0 aromatic heterocycles. The maximum atomic E-state index is 13.1. The number of hydrogen-bond donors (Lipinski definition) is 1. The van der Waals surface area contributed by atoms with Crippen LogP contribution in [0.15, 0.2) is 66.7 Å². The molecule has 3 aromatic rings. The summed E-state index contributed by atoms with van der Waals surface area (Å²) in [7, 11) is 1.55. The Morgan fingerprint density at radius 1 is 1.12 bits per heavy atom. The van der Waals surface area contributed by atoms with Crippen LogP contribution < -0.4 is 14.8 Å². The van der Waals surface area contributed by atoms with E-state index in [9.17, 15) is 14.0 Å². The molecule has 7 heteroatoms. The Hall–Kier alpha value is -3.87. The van der Waals surface area contributed by atoms with Gasteiger partial charge in [-0.2, -0.15) is 0 Å². The van der Waals surface area contributed by atoms with E-state index in [4.69, 9.17) is 9.47 Å². The summed E-state index contributed by atoms with van der Waals surface area (Å²) in [4.78, 5) is 26.9. The molecule has 4 rings (SSSR count). The van der Waals surface area contributed by atoms with E-state index in [-0.39, 0.29) is 24.2 Å². The molecule has 1 heterocycles. The Morgan fingerprint density at radius 2 is 1.94 bits per heavy atom. The number of fused-ring (bicyclic) bond motifs is 1. The number of rotatable bonds is 6. The highest BCUT2D eigenvalue weighted by Crippen LogP contribution is 2.27. The highest BCUT2D eigenvalue weighted by molar-refractivity contribution is 6.04. The number of nitrogens with zero attached hydrogens (tertiary/aromatic N) is 1. The Kier molecular flexibility index (Phi) is 6.35. The van der Waals surface area contributed by atoms with Crippen LogP contribution in [0.2, 0.25) is 0 Å². The molecule has 1 N–H and O–H groups in total. The number of benzene rings is 3. The smallest absolute Gasteiger partial charge is 0.260 e. The van der Waals surface area contributed by atoms with Crippen LogP contribution >= 0.6 is 0 Å². The summed E-state index contributed by atoms with van der Waals surface area (Å²) >= 11 is 0. The summed E-state index contributed by atoms with van der Waals surface area (Å²) in [5.74, 6) is 0.545. The fourth-order valence-electron chi connectivity index (χ4n) is 3.53. The van der Waals surface area contributed by atoms with Crippen molar-refractivity contribution in [1.82, 2.24) is 4.90 Å². The molecule has 0 aliphatic carbocycles. The first-order valence-corrected chi connectivity index (χ1v) is 10.2. The zero-order chi connectivity index (χ0) is 22.5. The van der Waals surface area contributed by atoms with Gasteiger partial charge in [-0.1, -0.05) is 18.2 Å². The van der Waals surface area contributed by atoms with Gasteiger partial charge in [0.25, 0.3) is 11.8 Å². The molecule has 0 bridgehead atoms. The largest absolute Gasteiger partial charge is 0.497 e. The van der Waals surface area contributed by atoms with Crippen molar-refractivity contribution >= 4 is 17.5 Å². The zero-order valence-corrected chi connectivity index (χ0v) is 17.6. The molecule has 0 unspecified atom stereocenters. The first-order chi connectivity index (χ1) is 15.5. The van der Waals surface area contributed by atoms with Crippen LogP contribution in [0.5, 0.6) is 11.5 Å². The van der Waals surface area contributed by atoms with Crippen LogP contribution in [-0.2, 0) is 17.8 Å². The van der Waals surface area contributed by atoms with E-state index in [2.05, 4.69) is 5.32 Å². The monoisotopic (exact) mass is 434 g/mol. The van der Waals surface area contributed by atoms with E-state index in [1.54, 1.807) is 60.5 Å². The molecule has 0 atom stereocenters. The summed E-state index contributed by atoms with van der Waals surface area (Å²) in [5, 5.41) is 2.88. The molecule has 1 aliphatic rings. The van der Waals surface area contributed by atoms with E-state index in [0.29, 0.717) is 42.3 Å². The van der Waals surface area contributed by atoms with Crippen molar-refractivity contribution in [3.05, 3.63) is 89.2 Å². The SMILES string of the molecule is COc1cccc(C(=O)Nc2ccc3c(c2)CN(CCc2ccc(F)cc2)C(=O)CO3)c1. The lowest BCUT2D eigenvalue weighted by molar-refractivity contribution is -0.133. The lowest BCUT2D eigenvalue weighted by Gasteiger charge is -2.20. The lowest BCUT2D eigenvalue weighted by atomic mass is 10.1. The van der Waals surface area contributed by atoms with Crippen molar-refractivity contribution < 1.29 is 23.5 Å². The van der Waals surface area contributed by atoms with Crippen LogP contribution in [0.25, 0.3) is 0 Å². The number of methoxy groups -OCH3 is 1. The highest BCUT2D eigenvalue weighted by Gasteiger charge is 2.22. The second-order valence-corrected chi connectivity index (χ2v) is 7.49. The van der Waals surface area contributed by atoms with Gasteiger partial charge >= 0.3 is 0 Å². The van der Waals surface area contributed by atoms with Crippen LogP contribution in [0.1, 0.15) is 21.5 Å². The number of hydrogen-bond acceptors (Lipinski definition) is 4. The summed E-state index contributed by atoms with van der Waals surface area (Å²) in [6.45, 7) is 0.790. The molecular formula is C25H23FN2O4. The average molecular weight is 434 g/mol. The molecule has 0 radical (unpaired) electrons. The van der Waals surface area contributed by atoms with Crippen molar-refractivity contribution in [2.75, 3.05) is 25.6 Å². The minimum Gasteiger partial charge on any atom is -0.497 e. The van der Waals surface area contributed by atoms with Gasteiger partial charge in [0.2, 0.25) is 0 Å². The molecule has 1 aliphatic heterocycles. The van der Waals surface area contributed by atoms with Gasteiger partial charge < -0.3 is 19.7 Å². The molecule has 3 aromatic carbocycles. The molecule has 0 saturated carbocycles. The van der Waals surface area contributed by atoms with E-state index in [1.807, 2.05) is 6.07 Å². The highest BCUT2D eigenvalue weighted by atomic mass is 19.1. The molecule has 32 heavy (non-hydrogen) atoms. The van der Waals surface area contributed by atoms with Crippen molar-refractivity contribution in [2.45, 2.75) is 13.0 Å². The van der Waals surface area contributed by atoms with E-state index < -0.39 is 0 Å². The second kappa shape index (κ2) is 9.51. The quantitative estimate of drug-likeness (QED) is 0.636. The molecule has 2 amide bonds. The normalized spacial score (nSPS) is 13.1. The summed E-state index contributed by atoms with van der Waals surface area (Å²) in [6, 6.07) is 18.5. The van der Waals surface area contributed by atoms with Gasteiger partial charge in [-0.05, 0) is 60.5 Å². The molecule has 0 fully saturated rings. The first-order valence-electron chi connectivity index (χ1n) is 10.2. The number of nitrogens with one attached hydrogen (secondary N) is 1. The predicted octanol–water partition coefficient (Wildman–Crippen LogP) is 4.05. The number of carbonyl (C=O) groups excluding carboxylic acids is 2. The van der Waals surface area contributed by atoms with Gasteiger partial charge in [0.1, 0.15) is 17.3 Å². The van der Waals surface area contributed by atoms with Crippen molar-refractivity contribution in [3.8, 4) is 11.5 Å². The topological polar surface area (TPSA) is 67.9 Å². The van der Waals surface area contributed by atoms with Crippen molar-refractivity contribution in [2.24, 2.45) is 0 Å². The van der Waals surface area contributed by atoms with Crippen LogP contribution in [0.4, 0.5) is 10.1 Å².